The largest absolute Gasteiger partial charge is 0.463 e. The second kappa shape index (κ2) is 5.51. The van der Waals surface area contributed by atoms with Crippen LogP contribution in [0, 0.1) is 0 Å². The Kier molecular flexibility index (Phi) is 4.40. The number of esters is 1. The van der Waals surface area contributed by atoms with Crippen LogP contribution in [0.2, 0.25) is 0 Å². The van der Waals surface area contributed by atoms with Gasteiger partial charge in [0.05, 0.1) is 6.61 Å². The first-order valence-corrected chi connectivity index (χ1v) is 5.01. The molecule has 112 valence electrons. The smallest absolute Gasteiger partial charge is 0.453 e. The highest BCUT2D eigenvalue weighted by molar-refractivity contribution is 5.84. The van der Waals surface area contributed by atoms with Crippen molar-refractivity contribution in [2.45, 2.75) is 19.3 Å². The molecule has 1 aromatic heterocycles. The molecule has 0 fully saturated rings. The first-order chi connectivity index (χ1) is 9.05. The highest BCUT2D eigenvalue weighted by atomic mass is 19.4. The molecule has 0 aliphatic carbocycles. The normalized spacial score (nSPS) is 12.9. The van der Waals surface area contributed by atoms with Crippen LogP contribution in [0.5, 0.6) is 0 Å². The van der Waals surface area contributed by atoms with Gasteiger partial charge in [-0.05, 0) is 6.92 Å². The molecule has 0 N–H and O–H groups in total. The lowest BCUT2D eigenvalue weighted by molar-refractivity contribution is -0.150. The summed E-state index contributed by atoms with van der Waals surface area (Å²) >= 11 is 0. The number of hydrogen-bond acceptors (Lipinski definition) is 4. The van der Waals surface area contributed by atoms with Crippen LogP contribution in [0.3, 0.4) is 0 Å². The van der Waals surface area contributed by atoms with Crippen LogP contribution in [-0.4, -0.2) is 27.3 Å². The first-order valence-electron chi connectivity index (χ1n) is 5.01. The predicted octanol–water partition coefficient (Wildman–Crippen LogP) is 2.35. The fourth-order valence-corrected chi connectivity index (χ4v) is 1.06. The molecule has 0 bridgehead atoms. The standard InChI is InChI=1S/C9H7F6N3O2/c1-2-20-5(19)3-4-18-7(9(13,14)15)16-6(17-18)8(10,11)12/h3-4H,2H2,1H3/b4-3-. The Hall–Kier alpha value is -2.07. The van der Waals surface area contributed by atoms with Crippen molar-refractivity contribution < 1.29 is 35.9 Å². The van der Waals surface area contributed by atoms with E-state index in [1.807, 2.05) is 0 Å². The molecule has 1 aromatic rings. The van der Waals surface area contributed by atoms with Gasteiger partial charge in [0.15, 0.2) is 0 Å². The third kappa shape index (κ3) is 3.96. The van der Waals surface area contributed by atoms with Gasteiger partial charge in [-0.2, -0.15) is 31.3 Å². The van der Waals surface area contributed by atoms with E-state index in [-0.39, 0.29) is 11.3 Å². The summed E-state index contributed by atoms with van der Waals surface area (Å²) in [5, 5.41) is 2.65. The van der Waals surface area contributed by atoms with Gasteiger partial charge < -0.3 is 4.74 Å². The lowest BCUT2D eigenvalue weighted by Gasteiger charge is -2.03. The molecule has 0 spiro atoms. The van der Waals surface area contributed by atoms with Gasteiger partial charge >= 0.3 is 18.3 Å². The Labute approximate surface area is 107 Å². The molecule has 20 heavy (non-hydrogen) atoms. The molecule has 11 heteroatoms. The SMILES string of the molecule is CCOC(=O)/C=C\n1nc(C(F)(F)F)nc1C(F)(F)F. The zero-order valence-electron chi connectivity index (χ0n) is 9.79. The molecule has 1 rings (SSSR count). The van der Waals surface area contributed by atoms with Crippen LogP contribution in [0.4, 0.5) is 26.3 Å². The van der Waals surface area contributed by atoms with E-state index < -0.39 is 30.0 Å². The van der Waals surface area contributed by atoms with Gasteiger partial charge in [-0.3, -0.25) is 0 Å². The number of alkyl halides is 6. The van der Waals surface area contributed by atoms with Gasteiger partial charge in [0.25, 0.3) is 5.82 Å². The fraction of sp³-hybridized carbons (Fsp3) is 0.444. The number of rotatable bonds is 3. The minimum absolute atomic E-state index is 0.0412. The molecule has 0 saturated carbocycles. The van der Waals surface area contributed by atoms with Crippen LogP contribution in [0.25, 0.3) is 6.20 Å². The molecule has 0 unspecified atom stereocenters. The van der Waals surface area contributed by atoms with E-state index in [2.05, 4.69) is 14.8 Å². The minimum atomic E-state index is -5.16. The summed E-state index contributed by atoms with van der Waals surface area (Å²) in [6.07, 6.45) is -9.39. The summed E-state index contributed by atoms with van der Waals surface area (Å²) < 4.78 is 78.4. The van der Waals surface area contributed by atoms with Crippen molar-refractivity contribution in [3.8, 4) is 0 Å². The van der Waals surface area contributed by atoms with Gasteiger partial charge in [0.1, 0.15) is 0 Å². The summed E-state index contributed by atoms with van der Waals surface area (Å²) in [5.74, 6) is -4.88. The lowest BCUT2D eigenvalue weighted by atomic mass is 10.5. The Balaban J connectivity index is 3.17. The van der Waals surface area contributed by atoms with Crippen molar-refractivity contribution in [1.29, 1.82) is 0 Å². The number of ether oxygens (including phenoxy) is 1. The quantitative estimate of drug-likeness (QED) is 0.488. The zero-order valence-corrected chi connectivity index (χ0v) is 9.79. The van der Waals surface area contributed by atoms with E-state index in [1.54, 1.807) is 0 Å². The molecule has 0 amide bonds. The number of halogens is 6. The number of carbonyl (C=O) groups is 1. The molecule has 0 aliphatic heterocycles. The van der Waals surface area contributed by atoms with Gasteiger partial charge in [0.2, 0.25) is 5.82 Å². The maximum atomic E-state index is 12.5. The second-order valence-electron chi connectivity index (χ2n) is 3.27. The van der Waals surface area contributed by atoms with Crippen molar-refractivity contribution in [1.82, 2.24) is 14.8 Å². The van der Waals surface area contributed by atoms with E-state index in [1.165, 1.54) is 6.92 Å². The van der Waals surface area contributed by atoms with Crippen molar-refractivity contribution in [3.05, 3.63) is 17.7 Å². The predicted molar refractivity (Wildman–Crippen MR) is 52.0 cm³/mol. The number of carbonyl (C=O) groups excluding carboxylic acids is 1. The number of aromatic nitrogens is 3. The van der Waals surface area contributed by atoms with Crippen LogP contribution in [-0.2, 0) is 21.9 Å². The van der Waals surface area contributed by atoms with Gasteiger partial charge in [-0.15, -0.1) is 5.10 Å². The topological polar surface area (TPSA) is 57.0 Å². The highest BCUT2D eigenvalue weighted by Gasteiger charge is 2.43. The van der Waals surface area contributed by atoms with Gasteiger partial charge in [-0.25, -0.2) is 9.48 Å². The Morgan fingerprint density at radius 3 is 2.30 bits per heavy atom. The average molecular weight is 303 g/mol. The first kappa shape index (κ1) is 16.0. The molecule has 0 atom stereocenters. The Morgan fingerprint density at radius 2 is 1.85 bits per heavy atom. The molecule has 0 aromatic carbocycles. The third-order valence-electron chi connectivity index (χ3n) is 1.78. The second-order valence-corrected chi connectivity index (χ2v) is 3.27. The van der Waals surface area contributed by atoms with E-state index in [0.717, 1.165) is 0 Å². The summed E-state index contributed by atoms with van der Waals surface area (Å²) in [5.41, 5.74) is 0. The highest BCUT2D eigenvalue weighted by Crippen LogP contribution is 2.32. The minimum Gasteiger partial charge on any atom is -0.463 e. The molecule has 5 nitrogen and oxygen atoms in total. The van der Waals surface area contributed by atoms with E-state index >= 15 is 0 Å². The summed E-state index contributed by atoms with van der Waals surface area (Å²) in [6.45, 7) is 1.41. The number of nitrogens with zero attached hydrogens (tertiary/aromatic N) is 3. The van der Waals surface area contributed by atoms with Crippen molar-refractivity contribution in [2.75, 3.05) is 6.61 Å². The van der Waals surface area contributed by atoms with E-state index in [9.17, 15) is 31.1 Å². The van der Waals surface area contributed by atoms with Crippen molar-refractivity contribution in [3.63, 3.8) is 0 Å². The maximum Gasteiger partial charge on any atom is 0.453 e. The zero-order chi connectivity index (χ0) is 15.6. The van der Waals surface area contributed by atoms with Crippen LogP contribution >= 0.6 is 0 Å². The Morgan fingerprint density at radius 1 is 1.25 bits per heavy atom. The van der Waals surface area contributed by atoms with Crippen LogP contribution < -0.4 is 0 Å². The fourth-order valence-electron chi connectivity index (χ4n) is 1.06. The van der Waals surface area contributed by atoms with Crippen LogP contribution in [0.1, 0.15) is 18.6 Å². The molecule has 0 aliphatic rings. The average Bonchev–Trinajstić information content (AvgIpc) is 2.70. The molecule has 0 saturated heterocycles. The molecule has 0 radical (unpaired) electrons. The summed E-state index contributed by atoms with van der Waals surface area (Å²) in [6, 6.07) is 0. The monoisotopic (exact) mass is 303 g/mol. The van der Waals surface area contributed by atoms with Gasteiger partial charge in [0, 0.05) is 12.3 Å². The van der Waals surface area contributed by atoms with E-state index in [0.29, 0.717) is 12.3 Å². The van der Waals surface area contributed by atoms with Crippen LogP contribution in [0.15, 0.2) is 6.08 Å². The molecular weight excluding hydrogens is 296 g/mol. The summed E-state index contributed by atoms with van der Waals surface area (Å²) in [7, 11) is 0. The van der Waals surface area contributed by atoms with Gasteiger partial charge in [-0.1, -0.05) is 0 Å². The summed E-state index contributed by atoms with van der Waals surface area (Å²) in [4.78, 5) is 13.3. The van der Waals surface area contributed by atoms with Crippen molar-refractivity contribution >= 4 is 12.2 Å². The molecular formula is C9H7F6N3O2. The lowest BCUT2D eigenvalue weighted by Crippen LogP contribution is -2.13. The Bertz CT molecular complexity index is 517. The number of hydrogen-bond donors (Lipinski definition) is 0. The van der Waals surface area contributed by atoms with E-state index in [4.69, 9.17) is 0 Å². The maximum absolute atomic E-state index is 12.5. The molecule has 1 heterocycles. The van der Waals surface area contributed by atoms with Crippen molar-refractivity contribution in [2.24, 2.45) is 0 Å². The third-order valence-corrected chi connectivity index (χ3v) is 1.78.